The number of nitrogens with two attached hydrogens (primary N) is 1. The van der Waals surface area contributed by atoms with E-state index in [9.17, 15) is 0 Å². The molecule has 0 atom stereocenters. The molecule has 0 radical (unpaired) electrons. The highest BCUT2D eigenvalue weighted by molar-refractivity contribution is 9.10. The van der Waals surface area contributed by atoms with E-state index in [1.807, 2.05) is 12.1 Å². The predicted molar refractivity (Wildman–Crippen MR) is 62.4 cm³/mol. The van der Waals surface area contributed by atoms with Crippen molar-refractivity contribution in [2.24, 2.45) is 5.73 Å². The summed E-state index contributed by atoms with van der Waals surface area (Å²) < 4.78 is 11.2. The number of halogens is 2. The third-order valence-electron chi connectivity index (χ3n) is 1.73. The van der Waals surface area contributed by atoms with Crippen LogP contribution in [0.2, 0.25) is 0 Å². The first-order chi connectivity index (χ1) is 6.22. The molecule has 0 heterocycles. The predicted octanol–water partition coefficient (Wildman–Crippen LogP) is 2.35. The summed E-state index contributed by atoms with van der Waals surface area (Å²) in [5.74, 6) is 1.39. The van der Waals surface area contributed by atoms with Crippen molar-refractivity contribution in [3.63, 3.8) is 0 Å². The molecule has 0 aliphatic heterocycles. The van der Waals surface area contributed by atoms with E-state index < -0.39 is 0 Å². The van der Waals surface area contributed by atoms with Crippen LogP contribution in [-0.2, 0) is 6.54 Å². The lowest BCUT2D eigenvalue weighted by molar-refractivity contribution is 0.352. The van der Waals surface area contributed by atoms with E-state index in [0.717, 1.165) is 10.0 Å². The SMILES string of the molecule is COc1cc(CN)cc(Br)c1OC.Cl. The first-order valence-electron chi connectivity index (χ1n) is 3.83. The third kappa shape index (κ3) is 2.77. The second-order valence-electron chi connectivity index (χ2n) is 2.52. The summed E-state index contributed by atoms with van der Waals surface area (Å²) in [6.45, 7) is 0.485. The van der Waals surface area contributed by atoms with Gasteiger partial charge in [0.05, 0.1) is 18.7 Å². The molecule has 5 heteroatoms. The van der Waals surface area contributed by atoms with Crippen molar-refractivity contribution in [3.05, 3.63) is 22.2 Å². The van der Waals surface area contributed by atoms with Crippen LogP contribution in [-0.4, -0.2) is 14.2 Å². The van der Waals surface area contributed by atoms with Gasteiger partial charge in [0.1, 0.15) is 0 Å². The van der Waals surface area contributed by atoms with Gasteiger partial charge < -0.3 is 15.2 Å². The first-order valence-corrected chi connectivity index (χ1v) is 4.62. The van der Waals surface area contributed by atoms with Crippen LogP contribution in [0.1, 0.15) is 5.56 Å². The fourth-order valence-electron chi connectivity index (χ4n) is 1.09. The highest BCUT2D eigenvalue weighted by atomic mass is 79.9. The Hall–Kier alpha value is -0.450. The summed E-state index contributed by atoms with van der Waals surface area (Å²) in [6.07, 6.45) is 0. The molecule has 0 saturated heterocycles. The Labute approximate surface area is 98.1 Å². The summed E-state index contributed by atoms with van der Waals surface area (Å²) in [5.41, 5.74) is 6.52. The molecule has 1 rings (SSSR count). The van der Waals surface area contributed by atoms with Gasteiger partial charge in [0, 0.05) is 6.54 Å². The fourth-order valence-corrected chi connectivity index (χ4v) is 1.74. The second kappa shape index (κ2) is 6.11. The molecule has 0 fully saturated rings. The molecule has 0 bridgehead atoms. The van der Waals surface area contributed by atoms with Gasteiger partial charge in [0.2, 0.25) is 0 Å². The van der Waals surface area contributed by atoms with E-state index in [0.29, 0.717) is 18.0 Å². The molecule has 0 aliphatic rings. The number of methoxy groups -OCH3 is 2. The maximum atomic E-state index is 5.52. The first kappa shape index (κ1) is 13.6. The van der Waals surface area contributed by atoms with Gasteiger partial charge in [-0.05, 0) is 33.6 Å². The third-order valence-corrected chi connectivity index (χ3v) is 2.32. The van der Waals surface area contributed by atoms with E-state index in [1.54, 1.807) is 14.2 Å². The highest BCUT2D eigenvalue weighted by Gasteiger charge is 2.09. The van der Waals surface area contributed by atoms with Crippen molar-refractivity contribution >= 4 is 28.3 Å². The van der Waals surface area contributed by atoms with Crippen LogP contribution in [0.5, 0.6) is 11.5 Å². The molecular formula is C9H13BrClNO2. The van der Waals surface area contributed by atoms with E-state index >= 15 is 0 Å². The van der Waals surface area contributed by atoms with E-state index in [1.165, 1.54) is 0 Å². The number of hydrogen-bond acceptors (Lipinski definition) is 3. The Morgan fingerprint density at radius 3 is 2.36 bits per heavy atom. The molecule has 0 amide bonds. The van der Waals surface area contributed by atoms with Crippen molar-refractivity contribution in [2.45, 2.75) is 6.54 Å². The van der Waals surface area contributed by atoms with Crippen LogP contribution in [0.3, 0.4) is 0 Å². The average Bonchev–Trinajstić information content (AvgIpc) is 2.16. The summed E-state index contributed by atoms with van der Waals surface area (Å²) in [6, 6.07) is 3.78. The lowest BCUT2D eigenvalue weighted by Crippen LogP contribution is -1.99. The van der Waals surface area contributed by atoms with E-state index in [2.05, 4.69) is 15.9 Å². The van der Waals surface area contributed by atoms with Gasteiger partial charge in [-0.1, -0.05) is 0 Å². The summed E-state index contributed by atoms with van der Waals surface area (Å²) in [4.78, 5) is 0. The zero-order chi connectivity index (χ0) is 9.84. The molecule has 1 aromatic carbocycles. The molecule has 0 saturated carbocycles. The monoisotopic (exact) mass is 281 g/mol. The van der Waals surface area contributed by atoms with Crippen molar-refractivity contribution in [1.29, 1.82) is 0 Å². The molecule has 2 N–H and O–H groups in total. The number of hydrogen-bond donors (Lipinski definition) is 1. The molecular weight excluding hydrogens is 269 g/mol. The second-order valence-corrected chi connectivity index (χ2v) is 3.37. The lowest BCUT2D eigenvalue weighted by Gasteiger charge is -2.10. The largest absolute Gasteiger partial charge is 0.493 e. The Bertz CT molecular complexity index is 307. The number of benzene rings is 1. The molecule has 0 unspecified atom stereocenters. The molecule has 80 valence electrons. The van der Waals surface area contributed by atoms with Crippen LogP contribution in [0.25, 0.3) is 0 Å². The molecule has 3 nitrogen and oxygen atoms in total. The standard InChI is InChI=1S/C9H12BrNO2.ClH/c1-12-8-4-6(5-11)3-7(10)9(8)13-2;/h3-4H,5,11H2,1-2H3;1H. The minimum absolute atomic E-state index is 0. The normalized spacial score (nSPS) is 9.14. The van der Waals surface area contributed by atoms with E-state index in [4.69, 9.17) is 15.2 Å². The van der Waals surface area contributed by atoms with Crippen LogP contribution in [0, 0.1) is 0 Å². The van der Waals surface area contributed by atoms with Gasteiger partial charge in [-0.25, -0.2) is 0 Å². The summed E-state index contributed by atoms with van der Waals surface area (Å²) in [7, 11) is 3.20. The zero-order valence-corrected chi connectivity index (χ0v) is 10.4. The molecule has 0 spiro atoms. The molecule has 0 aromatic heterocycles. The van der Waals surface area contributed by atoms with Crippen molar-refractivity contribution in [3.8, 4) is 11.5 Å². The summed E-state index contributed by atoms with van der Waals surface area (Å²) in [5, 5.41) is 0. The molecule has 0 aliphatic carbocycles. The van der Waals surface area contributed by atoms with Crippen molar-refractivity contribution in [2.75, 3.05) is 14.2 Å². The van der Waals surface area contributed by atoms with Crippen LogP contribution >= 0.6 is 28.3 Å². The number of ether oxygens (including phenoxy) is 2. The van der Waals surface area contributed by atoms with Crippen LogP contribution < -0.4 is 15.2 Å². The topological polar surface area (TPSA) is 44.5 Å². The molecule has 1 aromatic rings. The summed E-state index contributed by atoms with van der Waals surface area (Å²) >= 11 is 3.38. The quantitative estimate of drug-likeness (QED) is 0.925. The Morgan fingerprint density at radius 2 is 1.93 bits per heavy atom. The maximum absolute atomic E-state index is 5.52. The van der Waals surface area contributed by atoms with Gasteiger partial charge in [0.15, 0.2) is 11.5 Å². The van der Waals surface area contributed by atoms with Gasteiger partial charge in [-0.3, -0.25) is 0 Å². The Balaban J connectivity index is 0.00000169. The minimum atomic E-state index is 0. The maximum Gasteiger partial charge on any atom is 0.174 e. The highest BCUT2D eigenvalue weighted by Crippen LogP contribution is 2.35. The fraction of sp³-hybridized carbons (Fsp3) is 0.333. The van der Waals surface area contributed by atoms with Gasteiger partial charge in [-0.15, -0.1) is 12.4 Å². The van der Waals surface area contributed by atoms with Gasteiger partial charge >= 0.3 is 0 Å². The lowest BCUT2D eigenvalue weighted by atomic mass is 10.2. The molecule has 14 heavy (non-hydrogen) atoms. The average molecular weight is 283 g/mol. The zero-order valence-electron chi connectivity index (χ0n) is 8.04. The van der Waals surface area contributed by atoms with Crippen molar-refractivity contribution in [1.82, 2.24) is 0 Å². The Kier molecular flexibility index (Phi) is 5.92. The van der Waals surface area contributed by atoms with Gasteiger partial charge in [-0.2, -0.15) is 0 Å². The Morgan fingerprint density at radius 1 is 1.29 bits per heavy atom. The minimum Gasteiger partial charge on any atom is -0.493 e. The smallest absolute Gasteiger partial charge is 0.174 e. The number of rotatable bonds is 3. The van der Waals surface area contributed by atoms with Gasteiger partial charge in [0.25, 0.3) is 0 Å². The van der Waals surface area contributed by atoms with Crippen molar-refractivity contribution < 1.29 is 9.47 Å². The van der Waals surface area contributed by atoms with Crippen LogP contribution in [0.15, 0.2) is 16.6 Å². The van der Waals surface area contributed by atoms with E-state index in [-0.39, 0.29) is 12.4 Å². The van der Waals surface area contributed by atoms with Crippen LogP contribution in [0.4, 0.5) is 0 Å².